The van der Waals surface area contributed by atoms with E-state index in [0.717, 1.165) is 99.8 Å². The van der Waals surface area contributed by atoms with Crippen LogP contribution in [0.25, 0.3) is 33.3 Å². The molecule has 7 nitrogen and oxygen atoms in total. The molecule has 5 aromatic rings. The van der Waals surface area contributed by atoms with Crippen LogP contribution in [-0.4, -0.2) is 47.3 Å². The van der Waals surface area contributed by atoms with Crippen LogP contribution >= 0.6 is 0 Å². The number of H-pyrrole nitrogens is 1. The van der Waals surface area contributed by atoms with Crippen LogP contribution in [0.1, 0.15) is 39.3 Å². The fourth-order valence-corrected chi connectivity index (χ4v) is 5.88. The van der Waals surface area contributed by atoms with Gasteiger partial charge in [0.1, 0.15) is 5.82 Å². The first-order chi connectivity index (χ1) is 21.3. The smallest absolute Gasteiger partial charge is 0.138 e. The van der Waals surface area contributed by atoms with Crippen molar-refractivity contribution in [3.8, 4) is 11.4 Å². The first-order valence-electron chi connectivity index (χ1n) is 15.4. The van der Waals surface area contributed by atoms with Crippen molar-refractivity contribution in [1.29, 1.82) is 0 Å². The van der Waals surface area contributed by atoms with Gasteiger partial charge in [-0.1, -0.05) is 19.1 Å². The lowest BCUT2D eigenvalue weighted by Gasteiger charge is -2.25. The van der Waals surface area contributed by atoms with E-state index < -0.39 is 0 Å². The van der Waals surface area contributed by atoms with Gasteiger partial charge in [0.05, 0.1) is 16.6 Å². The topological polar surface area (TPSA) is 72.4 Å². The summed E-state index contributed by atoms with van der Waals surface area (Å²) in [7, 11) is 2.11. The molecule has 0 saturated carbocycles. The maximum absolute atomic E-state index is 4.95. The third-order valence-corrected chi connectivity index (χ3v) is 8.07. The largest absolute Gasteiger partial charge is 0.368 e. The summed E-state index contributed by atoms with van der Waals surface area (Å²) in [5.74, 6) is 0.856. The van der Waals surface area contributed by atoms with E-state index in [9.17, 15) is 0 Å². The lowest BCUT2D eigenvalue weighted by atomic mass is 10.1. The van der Waals surface area contributed by atoms with Gasteiger partial charge < -0.3 is 20.1 Å². The molecule has 0 spiro atoms. The quantitative estimate of drug-likeness (QED) is 0.161. The molecule has 0 fully saturated rings. The van der Waals surface area contributed by atoms with Gasteiger partial charge in [0.15, 0.2) is 0 Å². The highest BCUT2D eigenvalue weighted by molar-refractivity contribution is 5.96. The Morgan fingerprint density at radius 3 is 2.50 bits per heavy atom. The Morgan fingerprint density at radius 2 is 1.75 bits per heavy atom. The van der Waals surface area contributed by atoms with Crippen LogP contribution < -0.4 is 15.1 Å². The Labute approximate surface area is 260 Å². The second kappa shape index (κ2) is 12.4. The Hall–Kier alpha value is -4.91. The SMILES string of the molecule is C=C(C)CN(CCC)c1ccc2nc(C)cc(Nc3ccc(-c4nc5cc(N(C)C6=CC(C)=NCC6)ccc5[nH]4)cc3)c2c1. The van der Waals surface area contributed by atoms with Gasteiger partial charge in [-0.2, -0.15) is 0 Å². The van der Waals surface area contributed by atoms with E-state index in [4.69, 9.17) is 9.97 Å². The van der Waals surface area contributed by atoms with Crippen LogP contribution in [0.4, 0.5) is 22.7 Å². The second-order valence-electron chi connectivity index (χ2n) is 11.8. The van der Waals surface area contributed by atoms with Gasteiger partial charge in [0.25, 0.3) is 0 Å². The Morgan fingerprint density at radius 1 is 0.955 bits per heavy atom. The number of aliphatic imine (C=N–C) groups is 1. The molecule has 1 aliphatic rings. The molecule has 0 saturated heterocycles. The van der Waals surface area contributed by atoms with Crippen molar-refractivity contribution in [3.63, 3.8) is 0 Å². The molecule has 1 aliphatic heterocycles. The summed E-state index contributed by atoms with van der Waals surface area (Å²) in [5, 5.41) is 4.76. The summed E-state index contributed by atoms with van der Waals surface area (Å²) >= 11 is 0. The van der Waals surface area contributed by atoms with Crippen LogP contribution in [0.3, 0.4) is 0 Å². The van der Waals surface area contributed by atoms with E-state index in [1.165, 1.54) is 11.4 Å². The summed E-state index contributed by atoms with van der Waals surface area (Å²) in [4.78, 5) is 22.4. The van der Waals surface area contributed by atoms with Crippen LogP contribution in [-0.2, 0) is 0 Å². The van der Waals surface area contributed by atoms with E-state index in [1.807, 2.05) is 6.92 Å². The number of rotatable bonds is 10. The number of aryl methyl sites for hydroxylation is 1. The molecule has 224 valence electrons. The molecule has 6 rings (SSSR count). The predicted octanol–water partition coefficient (Wildman–Crippen LogP) is 8.81. The normalized spacial score (nSPS) is 13.1. The molecule has 7 heteroatoms. The number of aromatic nitrogens is 3. The van der Waals surface area contributed by atoms with E-state index >= 15 is 0 Å². The highest BCUT2D eigenvalue weighted by Crippen LogP contribution is 2.32. The molecule has 0 amide bonds. The molecule has 0 atom stereocenters. The minimum absolute atomic E-state index is 0.840. The zero-order valence-electron chi connectivity index (χ0n) is 26.4. The molecule has 2 aromatic heterocycles. The third kappa shape index (κ3) is 6.23. The molecule has 3 aromatic carbocycles. The molecule has 0 unspecified atom stereocenters. The van der Waals surface area contributed by atoms with Crippen molar-refractivity contribution in [2.24, 2.45) is 4.99 Å². The van der Waals surface area contributed by atoms with Crippen LogP contribution in [0.5, 0.6) is 0 Å². The Balaban J connectivity index is 1.24. The van der Waals surface area contributed by atoms with Crippen molar-refractivity contribution >= 4 is 50.4 Å². The predicted molar refractivity (Wildman–Crippen MR) is 188 cm³/mol. The molecule has 44 heavy (non-hydrogen) atoms. The van der Waals surface area contributed by atoms with Crippen molar-refractivity contribution in [2.75, 3.05) is 41.8 Å². The van der Waals surface area contributed by atoms with Crippen molar-refractivity contribution in [1.82, 2.24) is 15.0 Å². The highest BCUT2D eigenvalue weighted by Gasteiger charge is 2.14. The first-order valence-corrected chi connectivity index (χ1v) is 15.4. The minimum Gasteiger partial charge on any atom is -0.368 e. The molecular formula is C37H41N7. The summed E-state index contributed by atoms with van der Waals surface area (Å²) in [6.07, 6.45) is 4.19. The number of aromatic amines is 1. The van der Waals surface area contributed by atoms with Crippen molar-refractivity contribution in [3.05, 3.63) is 96.3 Å². The number of nitrogens with one attached hydrogen (secondary N) is 2. The fourth-order valence-electron chi connectivity index (χ4n) is 5.88. The number of pyridine rings is 1. The number of fused-ring (bicyclic) bond motifs is 2. The molecule has 0 radical (unpaired) electrons. The molecule has 3 heterocycles. The Bertz CT molecular complexity index is 1900. The number of anilines is 4. The van der Waals surface area contributed by atoms with Crippen molar-refractivity contribution < 1.29 is 0 Å². The van der Waals surface area contributed by atoms with Gasteiger partial charge in [-0.25, -0.2) is 4.98 Å². The number of hydrogen-bond acceptors (Lipinski definition) is 6. The third-order valence-electron chi connectivity index (χ3n) is 8.07. The number of hydrogen-bond donors (Lipinski definition) is 2. The number of nitrogens with zero attached hydrogens (tertiary/aromatic N) is 5. The van der Waals surface area contributed by atoms with Crippen LogP contribution in [0.15, 0.2) is 95.6 Å². The molecule has 2 N–H and O–H groups in total. The summed E-state index contributed by atoms with van der Waals surface area (Å²) in [6, 6.07) is 23.5. The van der Waals surface area contributed by atoms with Gasteiger partial charge in [0.2, 0.25) is 0 Å². The maximum Gasteiger partial charge on any atom is 0.138 e. The first kappa shape index (κ1) is 29.2. The number of imidazole rings is 1. The number of dihydropyridines is 1. The fraction of sp³-hybridized carbons (Fsp3) is 0.270. The highest BCUT2D eigenvalue weighted by atomic mass is 15.1. The van der Waals surface area contributed by atoms with E-state index in [-0.39, 0.29) is 0 Å². The standard InChI is InChI=1S/C37H41N7/c1-7-18-44(23-24(2)3)31-13-14-33-32(21-31)35(20-26(5)39-33)40-28-10-8-27(9-11-28)37-41-34-15-12-29(22-36(34)42-37)43(6)30-16-17-38-25(4)19-30/h8-15,19-22H,2,7,16-18,23H2,1,3-6H3,(H,39,40)(H,41,42). The Kier molecular flexibility index (Phi) is 8.20. The van der Waals surface area contributed by atoms with Crippen LogP contribution in [0.2, 0.25) is 0 Å². The summed E-state index contributed by atoms with van der Waals surface area (Å²) in [6.45, 7) is 15.2. The minimum atomic E-state index is 0.840. The van der Waals surface area contributed by atoms with Gasteiger partial charge in [-0.3, -0.25) is 9.98 Å². The van der Waals surface area contributed by atoms with E-state index in [0.29, 0.717) is 0 Å². The lowest BCUT2D eigenvalue weighted by molar-refractivity contribution is 0.802. The lowest BCUT2D eigenvalue weighted by Crippen LogP contribution is -2.25. The number of benzene rings is 3. The molecular weight excluding hydrogens is 542 g/mol. The summed E-state index contributed by atoms with van der Waals surface area (Å²) < 4.78 is 0. The van der Waals surface area contributed by atoms with Crippen molar-refractivity contribution in [2.45, 2.75) is 40.5 Å². The number of allylic oxidation sites excluding steroid dienone is 1. The maximum atomic E-state index is 4.95. The second-order valence-corrected chi connectivity index (χ2v) is 11.8. The zero-order chi connectivity index (χ0) is 30.8. The summed E-state index contributed by atoms with van der Waals surface area (Å²) in [5.41, 5.74) is 12.8. The van der Waals surface area contributed by atoms with E-state index in [1.54, 1.807) is 0 Å². The van der Waals surface area contributed by atoms with E-state index in [2.05, 4.69) is 132 Å². The molecule has 0 bridgehead atoms. The average molecular weight is 584 g/mol. The monoisotopic (exact) mass is 583 g/mol. The van der Waals surface area contributed by atoms with Gasteiger partial charge >= 0.3 is 0 Å². The molecule has 0 aliphatic carbocycles. The van der Waals surface area contributed by atoms with Crippen LogP contribution in [0, 0.1) is 6.92 Å². The zero-order valence-corrected chi connectivity index (χ0v) is 26.4. The van der Waals surface area contributed by atoms with Gasteiger partial charge in [0, 0.05) is 83.9 Å². The van der Waals surface area contributed by atoms with Gasteiger partial charge in [-0.05, 0) is 100.0 Å². The average Bonchev–Trinajstić information content (AvgIpc) is 3.44. The van der Waals surface area contributed by atoms with Gasteiger partial charge in [-0.15, -0.1) is 0 Å².